The average molecular weight is 318 g/mol. The van der Waals surface area contributed by atoms with Crippen molar-refractivity contribution in [3.8, 4) is 5.69 Å². The van der Waals surface area contributed by atoms with Gasteiger partial charge >= 0.3 is 0 Å². The summed E-state index contributed by atoms with van der Waals surface area (Å²) in [6, 6.07) is 12.8. The summed E-state index contributed by atoms with van der Waals surface area (Å²) in [4.78, 5) is 4.26. The molecule has 0 radical (unpaired) electrons. The van der Waals surface area contributed by atoms with Crippen LogP contribution in [0.5, 0.6) is 0 Å². The van der Waals surface area contributed by atoms with Crippen molar-refractivity contribution >= 4 is 11.6 Å². The van der Waals surface area contributed by atoms with E-state index in [0.29, 0.717) is 27.9 Å². The van der Waals surface area contributed by atoms with E-state index >= 15 is 0 Å². The summed E-state index contributed by atoms with van der Waals surface area (Å²) in [5.74, 6) is 0.416. The number of aliphatic hydroxyl groups is 1. The first-order valence-corrected chi connectivity index (χ1v) is 7.05. The topological polar surface area (TPSA) is 50.9 Å². The van der Waals surface area contributed by atoms with Crippen LogP contribution < -0.4 is 0 Å². The summed E-state index contributed by atoms with van der Waals surface area (Å²) >= 11 is 5.96. The third-order valence-electron chi connectivity index (χ3n) is 3.20. The number of halogens is 2. The van der Waals surface area contributed by atoms with Gasteiger partial charge in [-0.15, -0.1) is 0 Å². The largest absolute Gasteiger partial charge is 0.380 e. The van der Waals surface area contributed by atoms with Gasteiger partial charge in [0.05, 0.1) is 5.69 Å². The van der Waals surface area contributed by atoms with E-state index in [1.54, 1.807) is 43.3 Å². The van der Waals surface area contributed by atoms with Crippen molar-refractivity contribution < 1.29 is 9.50 Å². The van der Waals surface area contributed by atoms with Crippen molar-refractivity contribution in [2.24, 2.45) is 0 Å². The van der Waals surface area contributed by atoms with Crippen LogP contribution in [0.15, 0.2) is 48.5 Å². The number of hydrogen-bond acceptors (Lipinski definition) is 3. The van der Waals surface area contributed by atoms with Crippen molar-refractivity contribution in [2.45, 2.75) is 13.0 Å². The van der Waals surface area contributed by atoms with Gasteiger partial charge in [-0.05, 0) is 42.8 Å². The first kappa shape index (κ1) is 14.7. The smallest absolute Gasteiger partial charge is 0.165 e. The van der Waals surface area contributed by atoms with Crippen molar-refractivity contribution in [3.63, 3.8) is 0 Å². The highest BCUT2D eigenvalue weighted by molar-refractivity contribution is 6.30. The second kappa shape index (κ2) is 5.87. The fraction of sp³-hybridized carbons (Fsp3) is 0.125. The highest BCUT2D eigenvalue weighted by Crippen LogP contribution is 2.25. The van der Waals surface area contributed by atoms with Gasteiger partial charge < -0.3 is 5.11 Å². The maximum absolute atomic E-state index is 13.4. The molecule has 0 aliphatic rings. The van der Waals surface area contributed by atoms with Gasteiger partial charge in [0, 0.05) is 5.02 Å². The van der Waals surface area contributed by atoms with Crippen LogP contribution in [0.2, 0.25) is 5.02 Å². The number of benzene rings is 2. The predicted octanol–water partition coefficient (Wildman–Crippen LogP) is 3.45. The van der Waals surface area contributed by atoms with Gasteiger partial charge in [0.15, 0.2) is 5.82 Å². The van der Waals surface area contributed by atoms with E-state index in [4.69, 9.17) is 11.6 Å². The molecule has 112 valence electrons. The summed E-state index contributed by atoms with van der Waals surface area (Å²) in [7, 11) is 0. The molecule has 1 N–H and O–H groups in total. The lowest BCUT2D eigenvalue weighted by Gasteiger charge is -2.12. The molecule has 2 aromatic carbocycles. The molecule has 0 aliphatic heterocycles. The minimum atomic E-state index is -1.01. The number of rotatable bonds is 3. The van der Waals surface area contributed by atoms with Crippen molar-refractivity contribution in [2.75, 3.05) is 0 Å². The highest BCUT2D eigenvalue weighted by Gasteiger charge is 2.20. The van der Waals surface area contributed by atoms with Gasteiger partial charge in [-0.2, -0.15) is 5.10 Å². The monoisotopic (exact) mass is 317 g/mol. The Kier molecular flexibility index (Phi) is 3.92. The fourth-order valence-corrected chi connectivity index (χ4v) is 2.43. The zero-order valence-electron chi connectivity index (χ0n) is 11.7. The molecule has 0 unspecified atom stereocenters. The lowest BCUT2D eigenvalue weighted by atomic mass is 10.1. The SMILES string of the molecule is Cc1nc([C@@H](O)c2cccc(Cl)c2)n(-c2cccc(F)c2)n1. The zero-order valence-corrected chi connectivity index (χ0v) is 12.5. The number of nitrogens with zero attached hydrogens (tertiary/aromatic N) is 3. The van der Waals surface area contributed by atoms with E-state index in [0.717, 1.165) is 0 Å². The summed E-state index contributed by atoms with van der Waals surface area (Å²) in [5, 5.41) is 15.3. The number of aromatic nitrogens is 3. The summed E-state index contributed by atoms with van der Waals surface area (Å²) in [5.41, 5.74) is 1.09. The average Bonchev–Trinajstić information content (AvgIpc) is 2.88. The number of aliphatic hydroxyl groups excluding tert-OH is 1. The van der Waals surface area contributed by atoms with Gasteiger partial charge in [0.25, 0.3) is 0 Å². The van der Waals surface area contributed by atoms with Crippen LogP contribution in [0.3, 0.4) is 0 Å². The minimum absolute atomic E-state index is 0.311. The molecule has 0 amide bonds. The van der Waals surface area contributed by atoms with Crippen LogP contribution >= 0.6 is 11.6 Å². The Morgan fingerprint density at radius 2 is 1.95 bits per heavy atom. The highest BCUT2D eigenvalue weighted by atomic mass is 35.5. The van der Waals surface area contributed by atoms with E-state index in [9.17, 15) is 9.50 Å². The normalized spacial score (nSPS) is 12.4. The number of aryl methyl sites for hydroxylation is 1. The molecule has 4 nitrogen and oxygen atoms in total. The Labute approximate surface area is 131 Å². The van der Waals surface area contributed by atoms with Crippen molar-refractivity contribution in [1.29, 1.82) is 0 Å². The van der Waals surface area contributed by atoms with Gasteiger partial charge in [-0.1, -0.05) is 29.8 Å². The Balaban J connectivity index is 2.08. The van der Waals surface area contributed by atoms with Gasteiger partial charge in [0.1, 0.15) is 17.7 Å². The van der Waals surface area contributed by atoms with E-state index in [1.807, 2.05) is 0 Å². The van der Waals surface area contributed by atoms with Crippen molar-refractivity contribution in [1.82, 2.24) is 14.8 Å². The van der Waals surface area contributed by atoms with E-state index in [2.05, 4.69) is 10.1 Å². The Bertz CT molecular complexity index is 819. The van der Waals surface area contributed by atoms with Crippen LogP contribution in [-0.4, -0.2) is 19.9 Å². The molecular weight excluding hydrogens is 305 g/mol. The van der Waals surface area contributed by atoms with Crippen LogP contribution in [0.4, 0.5) is 4.39 Å². The Morgan fingerprint density at radius 1 is 1.18 bits per heavy atom. The Hall–Kier alpha value is -2.24. The standard InChI is InChI=1S/C16H13ClFN3O/c1-10-19-16(15(22)11-4-2-5-12(17)8-11)21(20-10)14-7-3-6-13(18)9-14/h2-9,15,22H,1H3/t15-/m0/s1. The maximum Gasteiger partial charge on any atom is 0.165 e. The first-order valence-electron chi connectivity index (χ1n) is 6.67. The Morgan fingerprint density at radius 3 is 2.68 bits per heavy atom. The van der Waals surface area contributed by atoms with Crippen LogP contribution in [-0.2, 0) is 0 Å². The fourth-order valence-electron chi connectivity index (χ4n) is 2.23. The van der Waals surface area contributed by atoms with Gasteiger partial charge in [-0.3, -0.25) is 0 Å². The molecular formula is C16H13ClFN3O. The van der Waals surface area contributed by atoms with E-state index < -0.39 is 6.10 Å². The molecule has 0 fully saturated rings. The molecule has 0 spiro atoms. The molecule has 0 saturated heterocycles. The third kappa shape index (κ3) is 2.86. The van der Waals surface area contributed by atoms with Crippen molar-refractivity contribution in [3.05, 3.63) is 76.6 Å². The molecule has 1 heterocycles. The maximum atomic E-state index is 13.4. The molecule has 6 heteroatoms. The first-order chi connectivity index (χ1) is 10.5. The zero-order chi connectivity index (χ0) is 15.7. The molecule has 3 aromatic rings. The minimum Gasteiger partial charge on any atom is -0.380 e. The molecule has 22 heavy (non-hydrogen) atoms. The quantitative estimate of drug-likeness (QED) is 0.805. The number of hydrogen-bond donors (Lipinski definition) is 1. The van der Waals surface area contributed by atoms with E-state index in [-0.39, 0.29) is 5.82 Å². The summed E-state index contributed by atoms with van der Waals surface area (Å²) < 4.78 is 14.9. The van der Waals surface area contributed by atoms with Gasteiger partial charge in [-0.25, -0.2) is 14.1 Å². The molecule has 3 rings (SSSR count). The van der Waals surface area contributed by atoms with Gasteiger partial charge in [0.2, 0.25) is 0 Å². The van der Waals surface area contributed by atoms with E-state index in [1.165, 1.54) is 16.8 Å². The summed E-state index contributed by atoms with van der Waals surface area (Å²) in [6.07, 6.45) is -1.01. The predicted molar refractivity (Wildman–Crippen MR) is 81.6 cm³/mol. The molecule has 1 atom stereocenters. The van der Waals surface area contributed by atoms with Crippen LogP contribution in [0.25, 0.3) is 5.69 Å². The molecule has 0 aliphatic carbocycles. The summed E-state index contributed by atoms with van der Waals surface area (Å²) in [6.45, 7) is 1.71. The lowest BCUT2D eigenvalue weighted by molar-refractivity contribution is 0.207. The second-order valence-corrected chi connectivity index (χ2v) is 5.30. The van der Waals surface area contributed by atoms with Crippen LogP contribution in [0.1, 0.15) is 23.3 Å². The van der Waals surface area contributed by atoms with Crippen LogP contribution in [0, 0.1) is 12.7 Å². The second-order valence-electron chi connectivity index (χ2n) is 4.87. The third-order valence-corrected chi connectivity index (χ3v) is 3.43. The molecule has 1 aromatic heterocycles. The molecule has 0 bridgehead atoms. The molecule has 0 saturated carbocycles. The lowest BCUT2D eigenvalue weighted by Crippen LogP contribution is -2.10.